The molecule has 1 heterocycles. The van der Waals surface area contributed by atoms with E-state index in [0.717, 1.165) is 12.1 Å². The number of hydrogen-bond donors (Lipinski definition) is 2. The second-order valence-corrected chi connectivity index (χ2v) is 6.68. The third-order valence-electron chi connectivity index (χ3n) is 4.51. The summed E-state index contributed by atoms with van der Waals surface area (Å²) in [7, 11) is 0. The zero-order valence-electron chi connectivity index (χ0n) is 15.2. The fourth-order valence-corrected chi connectivity index (χ4v) is 3.07. The van der Waals surface area contributed by atoms with Crippen molar-refractivity contribution < 1.29 is 41.4 Å². The molecule has 0 radical (unpaired) electrons. The van der Waals surface area contributed by atoms with E-state index in [-0.39, 0.29) is 22.9 Å². The van der Waals surface area contributed by atoms with Gasteiger partial charge in [0.05, 0.1) is 6.26 Å². The molecule has 1 amide bonds. The van der Waals surface area contributed by atoms with Gasteiger partial charge in [-0.15, -0.1) is 0 Å². The number of nitrogens with one attached hydrogen (secondary N) is 1. The van der Waals surface area contributed by atoms with Crippen LogP contribution in [0.25, 0.3) is 22.1 Å². The lowest BCUT2D eigenvalue weighted by atomic mass is 10.0. The van der Waals surface area contributed by atoms with Crippen molar-refractivity contribution in [2.75, 3.05) is 0 Å². The van der Waals surface area contributed by atoms with Crippen LogP contribution in [0.4, 0.5) is 17.6 Å². The van der Waals surface area contributed by atoms with Crippen LogP contribution in [-0.2, 0) is 0 Å². The summed E-state index contributed by atoms with van der Waals surface area (Å²) < 4.78 is 66.4. The van der Waals surface area contributed by atoms with Crippen molar-refractivity contribution in [2.45, 2.75) is 32.1 Å². The Kier molecular flexibility index (Phi) is 5.15. The summed E-state index contributed by atoms with van der Waals surface area (Å²) in [6.07, 6.45) is 2.67. The SMILES string of the molecule is O=C(NC1CC1)c1c(OC(F)F)cc(-c2coc3cc(O)ccc23)cc1OC(F)F. The first-order chi connectivity index (χ1) is 14.3. The summed E-state index contributed by atoms with van der Waals surface area (Å²) in [5.41, 5.74) is 0.232. The number of aromatic hydroxyl groups is 1. The Bertz CT molecular complexity index is 1060. The van der Waals surface area contributed by atoms with Gasteiger partial charge in [-0.2, -0.15) is 17.6 Å². The Morgan fingerprint density at radius 3 is 2.27 bits per heavy atom. The number of rotatable bonds is 7. The maximum atomic E-state index is 13.0. The zero-order valence-corrected chi connectivity index (χ0v) is 15.2. The molecule has 3 aromatic rings. The zero-order chi connectivity index (χ0) is 21.4. The largest absolute Gasteiger partial charge is 0.508 e. The molecule has 1 saturated carbocycles. The number of fused-ring (bicyclic) bond motifs is 1. The van der Waals surface area contributed by atoms with Crippen LogP contribution in [0.15, 0.2) is 41.0 Å². The molecule has 10 heteroatoms. The lowest BCUT2D eigenvalue weighted by Gasteiger charge is -2.17. The Balaban J connectivity index is 1.87. The Hall–Kier alpha value is -3.43. The summed E-state index contributed by atoms with van der Waals surface area (Å²) >= 11 is 0. The first kappa shape index (κ1) is 19.9. The molecule has 0 saturated heterocycles. The van der Waals surface area contributed by atoms with E-state index in [0.29, 0.717) is 23.8 Å². The summed E-state index contributed by atoms with van der Waals surface area (Å²) in [5, 5.41) is 12.6. The number of phenols is 1. The highest BCUT2D eigenvalue weighted by Crippen LogP contribution is 2.40. The quantitative estimate of drug-likeness (QED) is 0.527. The van der Waals surface area contributed by atoms with Gasteiger partial charge >= 0.3 is 13.2 Å². The van der Waals surface area contributed by atoms with Crippen LogP contribution >= 0.6 is 0 Å². The maximum absolute atomic E-state index is 13.0. The van der Waals surface area contributed by atoms with Gasteiger partial charge in [0, 0.05) is 23.1 Å². The average molecular weight is 425 g/mol. The second-order valence-electron chi connectivity index (χ2n) is 6.68. The van der Waals surface area contributed by atoms with E-state index in [2.05, 4.69) is 14.8 Å². The fraction of sp³-hybridized carbons (Fsp3) is 0.250. The highest BCUT2D eigenvalue weighted by Gasteiger charge is 2.30. The summed E-state index contributed by atoms with van der Waals surface area (Å²) in [4.78, 5) is 12.5. The van der Waals surface area contributed by atoms with E-state index in [1.165, 1.54) is 24.5 Å². The molecular formula is C20H15F4NO5. The normalized spacial score (nSPS) is 13.8. The molecule has 1 aromatic heterocycles. The smallest absolute Gasteiger partial charge is 0.387 e. The molecule has 1 aliphatic rings. The molecule has 158 valence electrons. The molecule has 0 unspecified atom stereocenters. The molecule has 1 fully saturated rings. The number of hydrogen-bond acceptors (Lipinski definition) is 5. The van der Waals surface area contributed by atoms with E-state index in [4.69, 9.17) is 4.42 Å². The van der Waals surface area contributed by atoms with Crippen molar-refractivity contribution >= 4 is 16.9 Å². The number of amides is 1. The third-order valence-corrected chi connectivity index (χ3v) is 4.51. The molecule has 0 atom stereocenters. The first-order valence-electron chi connectivity index (χ1n) is 8.91. The minimum absolute atomic E-state index is 0.0565. The number of halogens is 4. The van der Waals surface area contributed by atoms with Crippen molar-refractivity contribution in [3.8, 4) is 28.4 Å². The molecule has 2 aromatic carbocycles. The van der Waals surface area contributed by atoms with Gasteiger partial charge in [0.15, 0.2) is 0 Å². The van der Waals surface area contributed by atoms with Crippen molar-refractivity contribution in [3.05, 3.63) is 42.2 Å². The number of carbonyl (C=O) groups is 1. The lowest BCUT2D eigenvalue weighted by Crippen LogP contribution is -2.27. The van der Waals surface area contributed by atoms with Crippen molar-refractivity contribution in [1.82, 2.24) is 5.32 Å². The van der Waals surface area contributed by atoms with Gasteiger partial charge in [0.2, 0.25) is 0 Å². The predicted octanol–water partition coefficient (Wildman–Crippen LogP) is 4.90. The van der Waals surface area contributed by atoms with E-state index in [9.17, 15) is 27.5 Å². The van der Waals surface area contributed by atoms with Gasteiger partial charge < -0.3 is 24.3 Å². The van der Waals surface area contributed by atoms with Crippen LogP contribution in [0.1, 0.15) is 23.2 Å². The van der Waals surface area contributed by atoms with Crippen molar-refractivity contribution in [1.29, 1.82) is 0 Å². The van der Waals surface area contributed by atoms with Gasteiger partial charge in [-0.3, -0.25) is 4.79 Å². The highest BCUT2D eigenvalue weighted by molar-refractivity contribution is 6.02. The maximum Gasteiger partial charge on any atom is 0.387 e. The van der Waals surface area contributed by atoms with E-state index in [1.807, 2.05) is 0 Å². The minimum Gasteiger partial charge on any atom is -0.508 e. The Morgan fingerprint density at radius 2 is 1.70 bits per heavy atom. The number of carbonyl (C=O) groups excluding carboxylic acids is 1. The van der Waals surface area contributed by atoms with Gasteiger partial charge in [-0.05, 0) is 42.7 Å². The summed E-state index contributed by atoms with van der Waals surface area (Å²) in [6, 6.07) is 6.34. The van der Waals surface area contributed by atoms with Gasteiger partial charge in [0.25, 0.3) is 5.91 Å². The van der Waals surface area contributed by atoms with Crippen LogP contribution in [0.3, 0.4) is 0 Å². The molecule has 1 aliphatic carbocycles. The van der Waals surface area contributed by atoms with Gasteiger partial charge in [-0.1, -0.05) is 0 Å². The molecule has 0 aliphatic heterocycles. The van der Waals surface area contributed by atoms with E-state index < -0.39 is 36.2 Å². The van der Waals surface area contributed by atoms with Crippen molar-refractivity contribution in [3.63, 3.8) is 0 Å². The molecule has 6 nitrogen and oxygen atoms in total. The number of furan rings is 1. The molecular weight excluding hydrogens is 410 g/mol. The number of phenolic OH excluding ortho intramolecular Hbond substituents is 1. The predicted molar refractivity (Wildman–Crippen MR) is 97.1 cm³/mol. The molecule has 30 heavy (non-hydrogen) atoms. The number of ether oxygens (including phenoxy) is 2. The van der Waals surface area contributed by atoms with E-state index >= 15 is 0 Å². The van der Waals surface area contributed by atoms with Gasteiger partial charge in [0.1, 0.15) is 28.4 Å². The lowest BCUT2D eigenvalue weighted by molar-refractivity contribution is -0.0548. The Labute approximate surface area is 167 Å². The fourth-order valence-electron chi connectivity index (χ4n) is 3.07. The summed E-state index contributed by atoms with van der Waals surface area (Å²) in [6.45, 7) is -6.60. The summed E-state index contributed by atoms with van der Waals surface area (Å²) in [5.74, 6) is -2.12. The van der Waals surface area contributed by atoms with E-state index in [1.54, 1.807) is 0 Å². The van der Waals surface area contributed by atoms with Crippen molar-refractivity contribution in [2.24, 2.45) is 0 Å². The monoisotopic (exact) mass is 425 g/mol. The number of alkyl halides is 4. The first-order valence-corrected chi connectivity index (χ1v) is 8.91. The molecule has 0 spiro atoms. The standard InChI is InChI=1S/C20H15F4NO5/c21-19(22)29-15-5-9(13-8-28-14-7-11(26)3-4-12(13)14)6-16(30-20(23)24)17(15)18(27)25-10-1-2-10/h3-8,10,19-20,26H,1-2H2,(H,25,27). The average Bonchev–Trinajstić information content (AvgIpc) is 3.36. The van der Waals surface area contributed by atoms with Crippen LogP contribution in [0.5, 0.6) is 17.2 Å². The van der Waals surface area contributed by atoms with Crippen LogP contribution < -0.4 is 14.8 Å². The highest BCUT2D eigenvalue weighted by atomic mass is 19.3. The van der Waals surface area contributed by atoms with Crippen LogP contribution in [-0.4, -0.2) is 30.3 Å². The minimum atomic E-state index is -3.30. The van der Waals surface area contributed by atoms with Crippen LogP contribution in [0.2, 0.25) is 0 Å². The third kappa shape index (κ3) is 4.12. The molecule has 4 rings (SSSR count). The molecule has 0 bridgehead atoms. The second kappa shape index (κ2) is 7.77. The molecule has 2 N–H and O–H groups in total. The Morgan fingerprint density at radius 1 is 1.07 bits per heavy atom. The number of benzene rings is 2. The van der Waals surface area contributed by atoms with Crippen LogP contribution in [0, 0.1) is 0 Å². The van der Waals surface area contributed by atoms with Gasteiger partial charge in [-0.25, -0.2) is 0 Å². The topological polar surface area (TPSA) is 80.9 Å².